The number of alkyl halides is 3. The Kier molecular flexibility index (Phi) is 3.96. The second-order valence-electron chi connectivity index (χ2n) is 5.24. The van der Waals surface area contributed by atoms with Crippen LogP contribution in [0.5, 0.6) is 0 Å². The van der Waals surface area contributed by atoms with Crippen molar-refractivity contribution in [2.24, 2.45) is 5.18 Å². The minimum absolute atomic E-state index is 0.0912. The zero-order valence-electron chi connectivity index (χ0n) is 12.4. The zero-order valence-corrected chi connectivity index (χ0v) is 12.4. The van der Waals surface area contributed by atoms with E-state index in [0.29, 0.717) is 6.07 Å². The summed E-state index contributed by atoms with van der Waals surface area (Å²) in [5.41, 5.74) is -1.84. The van der Waals surface area contributed by atoms with Crippen molar-refractivity contribution in [1.82, 2.24) is 0 Å². The molecule has 126 valence electrons. The fourth-order valence-electron chi connectivity index (χ4n) is 2.48. The number of allylic oxidation sites excluding steroid dienone is 2. The Balaban J connectivity index is 1.97. The van der Waals surface area contributed by atoms with Gasteiger partial charge in [0.1, 0.15) is 5.69 Å². The van der Waals surface area contributed by atoms with E-state index in [1.165, 1.54) is 18.2 Å². The number of benzene rings is 2. The number of ketones is 2. The molecule has 8 heteroatoms. The Labute approximate surface area is 139 Å². The second-order valence-corrected chi connectivity index (χ2v) is 5.24. The zero-order chi connectivity index (χ0) is 18.2. The minimum Gasteiger partial charge on any atom is -0.352 e. The summed E-state index contributed by atoms with van der Waals surface area (Å²) < 4.78 is 38.9. The molecule has 0 saturated heterocycles. The predicted octanol–water partition coefficient (Wildman–Crippen LogP) is 4.48. The largest absolute Gasteiger partial charge is 0.418 e. The van der Waals surface area contributed by atoms with Gasteiger partial charge in [-0.2, -0.15) is 13.2 Å². The molecule has 0 heterocycles. The second kappa shape index (κ2) is 5.97. The predicted molar refractivity (Wildman–Crippen MR) is 83.7 cm³/mol. The van der Waals surface area contributed by atoms with Gasteiger partial charge in [-0.15, -0.1) is 4.91 Å². The molecule has 1 aliphatic carbocycles. The topological polar surface area (TPSA) is 75.6 Å². The summed E-state index contributed by atoms with van der Waals surface area (Å²) in [6.07, 6.45) is -3.75. The lowest BCUT2D eigenvalue weighted by Gasteiger charge is -2.17. The number of fused-ring (bicyclic) bond motifs is 1. The van der Waals surface area contributed by atoms with Crippen molar-refractivity contribution in [2.75, 3.05) is 5.32 Å². The molecule has 1 N–H and O–H groups in total. The molecule has 0 spiro atoms. The summed E-state index contributed by atoms with van der Waals surface area (Å²) >= 11 is 0. The quantitative estimate of drug-likeness (QED) is 0.832. The number of carbonyl (C=O) groups is 2. The van der Waals surface area contributed by atoms with E-state index < -0.39 is 29.0 Å². The summed E-state index contributed by atoms with van der Waals surface area (Å²) in [7, 11) is 0. The summed E-state index contributed by atoms with van der Waals surface area (Å²) in [5.74, 6) is -0.943. The molecule has 2 aromatic rings. The third kappa shape index (κ3) is 3.06. The Bertz CT molecular complexity index is 933. The normalized spacial score (nSPS) is 14.0. The average molecular weight is 346 g/mol. The maximum Gasteiger partial charge on any atom is 0.418 e. The van der Waals surface area contributed by atoms with E-state index in [-0.39, 0.29) is 22.5 Å². The summed E-state index contributed by atoms with van der Waals surface area (Å²) in [4.78, 5) is 35.0. The molecule has 0 aliphatic heterocycles. The number of nitrogens with one attached hydrogen (secondary N) is 1. The Hall–Kier alpha value is -3.29. The van der Waals surface area contributed by atoms with E-state index in [1.807, 2.05) is 0 Å². The minimum atomic E-state index is -4.78. The maximum atomic E-state index is 13.0. The van der Waals surface area contributed by atoms with E-state index in [0.717, 1.165) is 12.1 Å². The molecule has 0 unspecified atom stereocenters. The van der Waals surface area contributed by atoms with Gasteiger partial charge in [0, 0.05) is 22.9 Å². The first-order valence-corrected chi connectivity index (χ1v) is 7.02. The van der Waals surface area contributed by atoms with Gasteiger partial charge in [-0.3, -0.25) is 9.59 Å². The van der Waals surface area contributed by atoms with Crippen LogP contribution in [0, 0.1) is 4.91 Å². The monoisotopic (exact) mass is 346 g/mol. The van der Waals surface area contributed by atoms with E-state index >= 15 is 0 Å². The van der Waals surface area contributed by atoms with Crippen LogP contribution >= 0.6 is 0 Å². The first-order valence-electron chi connectivity index (χ1n) is 7.02. The lowest BCUT2D eigenvalue weighted by molar-refractivity contribution is -0.137. The number of Topliss-reactive ketones (excluding diaryl/α,β-unsaturated/α-hetero) is 1. The summed E-state index contributed by atoms with van der Waals surface area (Å²) in [5, 5.41) is 4.86. The van der Waals surface area contributed by atoms with Gasteiger partial charge in [0.2, 0.25) is 5.78 Å². The van der Waals surface area contributed by atoms with Gasteiger partial charge in [0.05, 0.1) is 11.3 Å². The van der Waals surface area contributed by atoms with Crippen molar-refractivity contribution in [1.29, 1.82) is 0 Å². The van der Waals surface area contributed by atoms with Crippen LogP contribution in [-0.2, 0) is 6.18 Å². The number of halogens is 3. The van der Waals surface area contributed by atoms with Crippen LogP contribution in [0.4, 0.5) is 24.5 Å². The Morgan fingerprint density at radius 2 is 1.64 bits per heavy atom. The van der Waals surface area contributed by atoms with Crippen molar-refractivity contribution < 1.29 is 22.8 Å². The molecule has 1 aliphatic rings. The van der Waals surface area contributed by atoms with E-state index in [4.69, 9.17) is 0 Å². The Morgan fingerprint density at radius 1 is 0.960 bits per heavy atom. The molecule has 0 atom stereocenters. The van der Waals surface area contributed by atoms with Crippen LogP contribution in [-0.4, -0.2) is 11.6 Å². The molecule has 0 radical (unpaired) electrons. The van der Waals surface area contributed by atoms with Gasteiger partial charge in [-0.25, -0.2) is 0 Å². The van der Waals surface area contributed by atoms with Crippen LogP contribution in [0.25, 0.3) is 0 Å². The highest BCUT2D eigenvalue weighted by molar-refractivity contribution is 6.25. The number of carbonyl (C=O) groups excluding carboxylic acids is 2. The number of anilines is 1. The van der Waals surface area contributed by atoms with Gasteiger partial charge >= 0.3 is 6.18 Å². The van der Waals surface area contributed by atoms with Crippen LogP contribution in [0.1, 0.15) is 26.3 Å². The highest BCUT2D eigenvalue weighted by Crippen LogP contribution is 2.38. The van der Waals surface area contributed by atoms with E-state index in [1.54, 1.807) is 12.1 Å². The number of hydrogen-bond donors (Lipinski definition) is 1. The number of nitrogens with zero attached hydrogens (tertiary/aromatic N) is 1. The maximum absolute atomic E-state index is 13.0. The van der Waals surface area contributed by atoms with E-state index in [9.17, 15) is 27.7 Å². The van der Waals surface area contributed by atoms with Gasteiger partial charge in [-0.1, -0.05) is 24.3 Å². The highest BCUT2D eigenvalue weighted by Gasteiger charge is 2.34. The summed E-state index contributed by atoms with van der Waals surface area (Å²) in [6, 6.07) is 8.87. The number of hydrogen-bond acceptors (Lipinski definition) is 5. The molecule has 0 bridgehead atoms. The lowest BCUT2D eigenvalue weighted by atomic mass is 9.92. The molecule has 0 aromatic heterocycles. The third-order valence-corrected chi connectivity index (χ3v) is 3.64. The molecule has 0 amide bonds. The van der Waals surface area contributed by atoms with Gasteiger partial charge < -0.3 is 5.32 Å². The average Bonchev–Trinajstić information content (AvgIpc) is 2.58. The first-order chi connectivity index (χ1) is 11.8. The fraction of sp³-hybridized carbons (Fsp3) is 0.0588. The van der Waals surface area contributed by atoms with Crippen LogP contribution in [0.15, 0.2) is 59.4 Å². The molecule has 0 fully saturated rings. The molecule has 3 rings (SSSR count). The highest BCUT2D eigenvalue weighted by atomic mass is 19.4. The smallest absolute Gasteiger partial charge is 0.352 e. The van der Waals surface area contributed by atoms with Crippen LogP contribution in [0.3, 0.4) is 0 Å². The lowest BCUT2D eigenvalue weighted by Crippen LogP contribution is -2.21. The van der Waals surface area contributed by atoms with Gasteiger partial charge in [0.15, 0.2) is 5.78 Å². The Morgan fingerprint density at radius 3 is 2.28 bits per heavy atom. The van der Waals surface area contributed by atoms with Crippen LogP contribution < -0.4 is 5.32 Å². The van der Waals surface area contributed by atoms with Crippen molar-refractivity contribution >= 4 is 22.9 Å². The molecule has 0 saturated carbocycles. The first kappa shape index (κ1) is 16.6. The van der Waals surface area contributed by atoms with Crippen LogP contribution in [0.2, 0.25) is 0 Å². The SMILES string of the molecule is O=Nc1ccc(NC2=CC(=O)c3ccccc3C2=O)cc1C(F)(F)F. The van der Waals surface area contributed by atoms with Gasteiger partial charge in [-0.05, 0) is 23.4 Å². The van der Waals surface area contributed by atoms with Crippen molar-refractivity contribution in [2.45, 2.75) is 6.18 Å². The molecular formula is C17H9F3N2O3. The molecule has 25 heavy (non-hydrogen) atoms. The molecular weight excluding hydrogens is 337 g/mol. The summed E-state index contributed by atoms with van der Waals surface area (Å²) in [6.45, 7) is 0. The van der Waals surface area contributed by atoms with Crippen molar-refractivity contribution in [3.05, 3.63) is 75.8 Å². The third-order valence-electron chi connectivity index (χ3n) is 3.64. The molecule has 5 nitrogen and oxygen atoms in total. The number of nitroso groups, excluding NO2 is 1. The van der Waals surface area contributed by atoms with Gasteiger partial charge in [0.25, 0.3) is 0 Å². The van der Waals surface area contributed by atoms with Crippen molar-refractivity contribution in [3.63, 3.8) is 0 Å². The standard InChI is InChI=1S/C17H9F3N2O3/c18-17(19,20)12-7-9(5-6-13(12)22-25)21-14-8-15(23)10-3-1-2-4-11(10)16(14)24/h1-8,21H. The molecule has 2 aromatic carbocycles. The fourth-order valence-corrected chi connectivity index (χ4v) is 2.48. The van der Waals surface area contributed by atoms with E-state index in [2.05, 4.69) is 10.5 Å². The number of rotatable bonds is 3. The van der Waals surface area contributed by atoms with Crippen molar-refractivity contribution in [3.8, 4) is 0 Å².